The fourth-order valence-corrected chi connectivity index (χ4v) is 4.53. The lowest BCUT2D eigenvalue weighted by molar-refractivity contribution is 0.0839. The average Bonchev–Trinajstić information content (AvgIpc) is 2.85. The highest BCUT2D eigenvalue weighted by atomic mass is 15.1. The lowest BCUT2D eigenvalue weighted by Gasteiger charge is -2.48. The quantitative estimate of drug-likeness (QED) is 0.819. The smallest absolute Gasteiger partial charge is 0.0469 e. The first-order valence-corrected chi connectivity index (χ1v) is 7.72. The molecule has 2 heteroatoms. The van der Waals surface area contributed by atoms with Crippen LogP contribution in [0.15, 0.2) is 30.8 Å². The zero-order valence-corrected chi connectivity index (χ0v) is 12.3. The molecule has 1 aliphatic carbocycles. The molecule has 1 fully saturated rings. The minimum absolute atomic E-state index is 0.551. The summed E-state index contributed by atoms with van der Waals surface area (Å²) in [6.07, 6.45) is 2.48. The lowest BCUT2D eigenvalue weighted by Crippen LogP contribution is -2.44. The van der Waals surface area contributed by atoms with Crippen LogP contribution in [0.2, 0.25) is 0 Å². The molecule has 2 aromatic rings. The second-order valence-electron chi connectivity index (χ2n) is 6.38. The number of fused-ring (bicyclic) bond motifs is 6. The highest BCUT2D eigenvalue weighted by Gasteiger charge is 2.44. The molecule has 0 unspecified atom stereocenters. The Kier molecular flexibility index (Phi) is 2.58. The molecule has 1 aromatic carbocycles. The van der Waals surface area contributed by atoms with Crippen molar-refractivity contribution in [2.24, 2.45) is 11.8 Å². The minimum Gasteiger partial charge on any atom is -0.355 e. The Morgan fingerprint density at radius 3 is 2.95 bits per heavy atom. The monoisotopic (exact) mass is 266 g/mol. The predicted octanol–water partition coefficient (Wildman–Crippen LogP) is 4.21. The maximum Gasteiger partial charge on any atom is 0.0469 e. The number of H-pyrrole nitrogens is 1. The molecule has 4 rings (SSSR count). The fraction of sp³-hybridized carbons (Fsp3) is 0.444. The maximum atomic E-state index is 4.44. The molecule has 104 valence electrons. The SMILES string of the molecule is C=C1c2[nH]c3ccccc3c2[C@H]2[C@@H](CC)[C@H]1CCN2C. The van der Waals surface area contributed by atoms with Gasteiger partial charge < -0.3 is 4.98 Å². The summed E-state index contributed by atoms with van der Waals surface area (Å²) in [7, 11) is 2.28. The van der Waals surface area contributed by atoms with E-state index in [4.69, 9.17) is 0 Å². The van der Waals surface area contributed by atoms with Crippen molar-refractivity contribution >= 4 is 16.5 Å². The van der Waals surface area contributed by atoms with Gasteiger partial charge in [0.05, 0.1) is 0 Å². The molecule has 0 radical (unpaired) electrons. The van der Waals surface area contributed by atoms with E-state index >= 15 is 0 Å². The lowest BCUT2D eigenvalue weighted by atomic mass is 9.66. The largest absolute Gasteiger partial charge is 0.355 e. The van der Waals surface area contributed by atoms with Crippen LogP contribution < -0.4 is 0 Å². The molecule has 20 heavy (non-hydrogen) atoms. The number of likely N-dealkylation sites (tertiary alicyclic amines) is 1. The Morgan fingerprint density at radius 2 is 2.15 bits per heavy atom. The van der Waals surface area contributed by atoms with Crippen LogP contribution in [-0.2, 0) is 0 Å². The number of nitrogens with zero attached hydrogens (tertiary/aromatic N) is 1. The van der Waals surface area contributed by atoms with Crippen molar-refractivity contribution in [1.29, 1.82) is 0 Å². The van der Waals surface area contributed by atoms with Crippen molar-refractivity contribution in [3.05, 3.63) is 42.1 Å². The second-order valence-corrected chi connectivity index (χ2v) is 6.38. The molecule has 2 nitrogen and oxygen atoms in total. The molecule has 2 heterocycles. The first-order chi connectivity index (χ1) is 9.72. The summed E-state index contributed by atoms with van der Waals surface area (Å²) < 4.78 is 0. The van der Waals surface area contributed by atoms with Crippen molar-refractivity contribution < 1.29 is 0 Å². The van der Waals surface area contributed by atoms with Crippen LogP contribution >= 0.6 is 0 Å². The van der Waals surface area contributed by atoms with Crippen LogP contribution in [0.5, 0.6) is 0 Å². The van der Waals surface area contributed by atoms with Gasteiger partial charge in [-0.25, -0.2) is 0 Å². The van der Waals surface area contributed by atoms with E-state index in [0.29, 0.717) is 17.9 Å². The van der Waals surface area contributed by atoms with Gasteiger partial charge in [-0.2, -0.15) is 0 Å². The number of piperidine rings is 1. The minimum atomic E-state index is 0.551. The first-order valence-electron chi connectivity index (χ1n) is 7.72. The number of aromatic amines is 1. The van der Waals surface area contributed by atoms with Gasteiger partial charge in [-0.1, -0.05) is 38.1 Å². The number of allylic oxidation sites excluding steroid dienone is 1. The van der Waals surface area contributed by atoms with Gasteiger partial charge in [-0.15, -0.1) is 0 Å². The summed E-state index contributed by atoms with van der Waals surface area (Å²) in [5.41, 5.74) is 5.41. The molecular formula is C18H22N2. The van der Waals surface area contributed by atoms with E-state index in [0.717, 1.165) is 0 Å². The third kappa shape index (κ3) is 1.43. The van der Waals surface area contributed by atoms with Crippen molar-refractivity contribution in [3.63, 3.8) is 0 Å². The molecule has 0 saturated carbocycles. The first kappa shape index (κ1) is 12.2. The van der Waals surface area contributed by atoms with Crippen molar-refractivity contribution in [2.75, 3.05) is 13.6 Å². The molecule has 1 N–H and O–H groups in total. The van der Waals surface area contributed by atoms with E-state index in [-0.39, 0.29) is 0 Å². The molecule has 1 saturated heterocycles. The molecule has 1 aliphatic heterocycles. The number of para-hydroxylation sites is 1. The average molecular weight is 266 g/mol. The molecule has 3 atom stereocenters. The summed E-state index contributed by atoms with van der Waals surface area (Å²) in [6, 6.07) is 9.25. The van der Waals surface area contributed by atoms with Gasteiger partial charge in [0.15, 0.2) is 0 Å². The van der Waals surface area contributed by atoms with Crippen LogP contribution in [0.4, 0.5) is 0 Å². The van der Waals surface area contributed by atoms with E-state index in [1.807, 2.05) is 0 Å². The number of aromatic nitrogens is 1. The summed E-state index contributed by atoms with van der Waals surface area (Å²) in [6.45, 7) is 7.96. The molecule has 2 aliphatic rings. The van der Waals surface area contributed by atoms with Crippen molar-refractivity contribution in [1.82, 2.24) is 9.88 Å². The predicted molar refractivity (Wildman–Crippen MR) is 84.6 cm³/mol. The number of hydrogen-bond acceptors (Lipinski definition) is 1. The maximum absolute atomic E-state index is 4.44. The fourth-order valence-electron chi connectivity index (χ4n) is 4.53. The zero-order chi connectivity index (χ0) is 13.9. The zero-order valence-electron chi connectivity index (χ0n) is 12.3. The Hall–Kier alpha value is -1.54. The highest BCUT2D eigenvalue weighted by molar-refractivity contribution is 5.91. The number of nitrogens with one attached hydrogen (secondary N) is 1. The van der Waals surface area contributed by atoms with E-state index in [1.165, 1.54) is 47.1 Å². The molecule has 0 amide bonds. The Labute approximate surface area is 120 Å². The Bertz CT molecular complexity index is 682. The van der Waals surface area contributed by atoms with E-state index in [2.05, 4.69) is 54.7 Å². The summed E-state index contributed by atoms with van der Waals surface area (Å²) in [5, 5.41) is 1.39. The Balaban J connectivity index is 2.03. The van der Waals surface area contributed by atoms with E-state index in [1.54, 1.807) is 0 Å². The van der Waals surface area contributed by atoms with Gasteiger partial charge in [0, 0.05) is 28.2 Å². The second kappa shape index (κ2) is 4.23. The highest BCUT2D eigenvalue weighted by Crippen LogP contribution is 2.53. The van der Waals surface area contributed by atoms with Gasteiger partial charge in [-0.05, 0) is 43.5 Å². The van der Waals surface area contributed by atoms with Crippen LogP contribution in [0.25, 0.3) is 16.5 Å². The van der Waals surface area contributed by atoms with E-state index < -0.39 is 0 Å². The molecule has 1 aromatic heterocycles. The summed E-state index contributed by atoms with van der Waals surface area (Å²) in [5.74, 6) is 1.37. The molecule has 2 bridgehead atoms. The third-order valence-electron chi connectivity index (χ3n) is 5.47. The number of rotatable bonds is 1. The van der Waals surface area contributed by atoms with Crippen molar-refractivity contribution in [2.45, 2.75) is 25.8 Å². The van der Waals surface area contributed by atoms with Crippen LogP contribution in [0.3, 0.4) is 0 Å². The van der Waals surface area contributed by atoms with Gasteiger partial charge in [-0.3, -0.25) is 4.90 Å². The van der Waals surface area contributed by atoms with E-state index in [9.17, 15) is 0 Å². The Morgan fingerprint density at radius 1 is 1.35 bits per heavy atom. The van der Waals surface area contributed by atoms with Gasteiger partial charge in [0.2, 0.25) is 0 Å². The van der Waals surface area contributed by atoms with Crippen LogP contribution in [-0.4, -0.2) is 23.5 Å². The van der Waals surface area contributed by atoms with Gasteiger partial charge in [0.1, 0.15) is 0 Å². The van der Waals surface area contributed by atoms with Gasteiger partial charge in [0.25, 0.3) is 0 Å². The van der Waals surface area contributed by atoms with Gasteiger partial charge >= 0.3 is 0 Å². The van der Waals surface area contributed by atoms with Crippen molar-refractivity contribution in [3.8, 4) is 0 Å². The number of benzene rings is 1. The number of hydrogen-bond donors (Lipinski definition) is 1. The summed E-state index contributed by atoms with van der Waals surface area (Å²) in [4.78, 5) is 6.19. The standard InChI is InChI=1S/C18H22N2/c1-4-12-13-9-10-20(3)18(12)16-14-7-5-6-8-15(14)19-17(16)11(13)2/h5-8,12-13,18-19H,2,4,9-10H2,1,3H3/t12-,13-,18+/m0/s1. The summed E-state index contributed by atoms with van der Waals surface area (Å²) >= 11 is 0. The third-order valence-corrected chi connectivity index (χ3v) is 5.47. The van der Waals surface area contributed by atoms with Crippen LogP contribution in [0.1, 0.15) is 37.1 Å². The molecule has 0 spiro atoms. The topological polar surface area (TPSA) is 19.0 Å². The van der Waals surface area contributed by atoms with Crippen LogP contribution in [0, 0.1) is 11.8 Å². The normalized spacial score (nSPS) is 29.7. The molecular weight excluding hydrogens is 244 g/mol.